The minimum atomic E-state index is -1.10. The zero-order valence-electron chi connectivity index (χ0n) is 11.1. The summed E-state index contributed by atoms with van der Waals surface area (Å²) in [6, 6.07) is 8.55. The molecule has 0 fully saturated rings. The van der Waals surface area contributed by atoms with Gasteiger partial charge in [-0.05, 0) is 17.7 Å². The highest BCUT2D eigenvalue weighted by molar-refractivity contribution is 7.20. The van der Waals surface area contributed by atoms with Crippen molar-refractivity contribution in [2.24, 2.45) is 0 Å². The fraction of sp³-hybridized carbons (Fsp3) is 0.0714. The highest BCUT2D eigenvalue weighted by Crippen LogP contribution is 2.23. The monoisotopic (exact) mass is 335 g/mol. The quantitative estimate of drug-likeness (QED) is 0.714. The summed E-state index contributed by atoms with van der Waals surface area (Å²) in [5.41, 5.74) is 0.643. The van der Waals surface area contributed by atoms with E-state index in [1.807, 2.05) is 12.1 Å². The van der Waals surface area contributed by atoms with Crippen LogP contribution in [0.5, 0.6) is 0 Å². The average molecular weight is 336 g/mol. The number of hydrogen-bond acceptors (Lipinski definition) is 5. The van der Waals surface area contributed by atoms with Crippen molar-refractivity contribution < 1.29 is 9.90 Å². The van der Waals surface area contributed by atoms with Crippen LogP contribution in [0.4, 0.5) is 0 Å². The maximum absolute atomic E-state index is 12.2. The molecule has 3 aromatic rings. The van der Waals surface area contributed by atoms with Gasteiger partial charge in [-0.1, -0.05) is 29.8 Å². The Morgan fingerprint density at radius 1 is 1.41 bits per heavy atom. The van der Waals surface area contributed by atoms with Gasteiger partial charge in [-0.3, -0.25) is 4.79 Å². The second-order valence-corrected chi connectivity index (χ2v) is 6.06. The zero-order chi connectivity index (χ0) is 15.9. The van der Waals surface area contributed by atoms with Crippen LogP contribution in [-0.4, -0.2) is 20.7 Å². The Morgan fingerprint density at radius 3 is 2.82 bits per heavy atom. The number of nitrogen functional groups attached to an aromatic ring is 1. The molecule has 0 amide bonds. The van der Waals surface area contributed by atoms with Crippen molar-refractivity contribution in [1.29, 1.82) is 0 Å². The Kier molecular flexibility index (Phi) is 3.59. The fourth-order valence-electron chi connectivity index (χ4n) is 2.08. The molecule has 1 aromatic carbocycles. The fourth-order valence-corrected chi connectivity index (χ4v) is 3.15. The van der Waals surface area contributed by atoms with Crippen LogP contribution < -0.4 is 11.4 Å². The summed E-state index contributed by atoms with van der Waals surface area (Å²) in [5, 5.41) is 9.56. The molecule has 0 aliphatic carbocycles. The number of carboxylic acids is 1. The van der Waals surface area contributed by atoms with Gasteiger partial charge in [-0.15, -0.1) is 11.3 Å². The summed E-state index contributed by atoms with van der Waals surface area (Å²) in [6.07, 6.45) is 0.277. The van der Waals surface area contributed by atoms with Crippen LogP contribution in [0.25, 0.3) is 10.2 Å². The molecule has 3 N–H and O–H groups in total. The van der Waals surface area contributed by atoms with Gasteiger partial charge in [-0.2, -0.15) is 0 Å². The van der Waals surface area contributed by atoms with Crippen LogP contribution >= 0.6 is 22.9 Å². The molecule has 0 unspecified atom stereocenters. The summed E-state index contributed by atoms with van der Waals surface area (Å²) in [4.78, 5) is 27.6. The number of hydrogen-bond donors (Lipinski definition) is 2. The molecule has 0 aliphatic rings. The Labute approximate surface area is 133 Å². The van der Waals surface area contributed by atoms with Crippen molar-refractivity contribution in [3.05, 3.63) is 62.0 Å². The minimum Gasteiger partial charge on any atom is -0.477 e. The largest absolute Gasteiger partial charge is 0.477 e. The van der Waals surface area contributed by atoms with Crippen LogP contribution in [-0.2, 0) is 6.42 Å². The van der Waals surface area contributed by atoms with E-state index in [-0.39, 0.29) is 16.0 Å². The highest BCUT2D eigenvalue weighted by atomic mass is 35.5. The molecular weight excluding hydrogens is 326 g/mol. The molecule has 22 heavy (non-hydrogen) atoms. The Balaban J connectivity index is 2.14. The highest BCUT2D eigenvalue weighted by Gasteiger charge is 2.16. The van der Waals surface area contributed by atoms with Gasteiger partial charge < -0.3 is 10.9 Å². The van der Waals surface area contributed by atoms with Gasteiger partial charge in [0.1, 0.15) is 15.4 Å². The van der Waals surface area contributed by atoms with E-state index in [1.165, 1.54) is 6.07 Å². The van der Waals surface area contributed by atoms with Crippen molar-refractivity contribution in [2.45, 2.75) is 6.42 Å². The van der Waals surface area contributed by atoms with Crippen molar-refractivity contribution in [3.8, 4) is 0 Å². The summed E-state index contributed by atoms with van der Waals surface area (Å²) in [7, 11) is 0. The lowest BCUT2D eigenvalue weighted by molar-refractivity contribution is 0.0702. The van der Waals surface area contributed by atoms with Gasteiger partial charge in [0.2, 0.25) is 0 Å². The van der Waals surface area contributed by atoms with Gasteiger partial charge in [-0.25, -0.2) is 14.5 Å². The van der Waals surface area contributed by atoms with E-state index in [0.29, 0.717) is 16.4 Å². The molecule has 0 saturated carbocycles. The minimum absolute atomic E-state index is 0.0505. The third-order valence-corrected chi connectivity index (χ3v) is 4.64. The molecule has 0 radical (unpaired) electrons. The van der Waals surface area contributed by atoms with Crippen molar-refractivity contribution >= 4 is 39.1 Å². The number of halogens is 1. The van der Waals surface area contributed by atoms with E-state index >= 15 is 0 Å². The maximum atomic E-state index is 12.2. The normalized spacial score (nSPS) is 11.0. The molecule has 0 aliphatic heterocycles. The Morgan fingerprint density at radius 2 is 2.14 bits per heavy atom. The predicted octanol–water partition coefficient (Wildman–Crippen LogP) is 2.11. The molecule has 0 spiro atoms. The van der Waals surface area contributed by atoms with Gasteiger partial charge in [0.25, 0.3) is 5.56 Å². The van der Waals surface area contributed by atoms with E-state index in [0.717, 1.165) is 21.6 Å². The average Bonchev–Trinajstić information content (AvgIpc) is 2.91. The van der Waals surface area contributed by atoms with Crippen molar-refractivity contribution in [1.82, 2.24) is 9.66 Å². The molecule has 2 aromatic heterocycles. The van der Waals surface area contributed by atoms with Gasteiger partial charge >= 0.3 is 5.97 Å². The number of nitrogens with two attached hydrogens (primary N) is 1. The molecule has 3 rings (SSSR count). The SMILES string of the molecule is Nn1c(Cc2ccccc2Cl)nc2cc(C(=O)O)sc2c1=O. The number of thiophene rings is 1. The first-order valence-electron chi connectivity index (χ1n) is 6.24. The van der Waals surface area contributed by atoms with E-state index in [4.69, 9.17) is 22.6 Å². The Hall–Kier alpha value is -2.38. The van der Waals surface area contributed by atoms with E-state index < -0.39 is 11.5 Å². The third kappa shape index (κ3) is 2.44. The van der Waals surface area contributed by atoms with Crippen molar-refractivity contribution in [2.75, 3.05) is 5.84 Å². The van der Waals surface area contributed by atoms with Crippen LogP contribution in [0.2, 0.25) is 5.02 Å². The number of rotatable bonds is 3. The van der Waals surface area contributed by atoms with Gasteiger partial charge in [0, 0.05) is 11.4 Å². The molecule has 8 heteroatoms. The topological polar surface area (TPSA) is 98.2 Å². The molecule has 0 atom stereocenters. The lowest BCUT2D eigenvalue weighted by Crippen LogP contribution is -2.31. The molecule has 0 saturated heterocycles. The van der Waals surface area contributed by atoms with Gasteiger partial charge in [0.15, 0.2) is 0 Å². The van der Waals surface area contributed by atoms with Crippen LogP contribution in [0.3, 0.4) is 0 Å². The lowest BCUT2D eigenvalue weighted by atomic mass is 10.1. The first-order chi connectivity index (χ1) is 10.5. The van der Waals surface area contributed by atoms with E-state index in [1.54, 1.807) is 12.1 Å². The number of benzene rings is 1. The standard InChI is InChI=1S/C14H10ClN3O3S/c15-8-4-2-1-3-7(8)5-11-17-9-6-10(14(20)21)22-12(9)13(19)18(11)16/h1-4,6H,5,16H2,(H,20,21). The van der Waals surface area contributed by atoms with E-state index in [9.17, 15) is 9.59 Å². The third-order valence-electron chi connectivity index (χ3n) is 3.17. The second-order valence-electron chi connectivity index (χ2n) is 4.60. The molecule has 6 nitrogen and oxygen atoms in total. The number of carbonyl (C=O) groups is 1. The molecule has 0 bridgehead atoms. The second kappa shape index (κ2) is 5.43. The Bertz CT molecular complexity index is 948. The summed E-state index contributed by atoms with van der Waals surface area (Å²) < 4.78 is 1.16. The number of nitrogens with zero attached hydrogens (tertiary/aromatic N) is 2. The van der Waals surface area contributed by atoms with Gasteiger partial charge in [0.05, 0.1) is 5.52 Å². The molecule has 2 heterocycles. The smallest absolute Gasteiger partial charge is 0.345 e. The lowest BCUT2D eigenvalue weighted by Gasteiger charge is -2.08. The number of carboxylic acid groups (broad SMARTS) is 1. The summed E-state index contributed by atoms with van der Waals surface area (Å²) >= 11 is 6.96. The van der Waals surface area contributed by atoms with Crippen LogP contribution in [0.15, 0.2) is 35.1 Å². The summed E-state index contributed by atoms with van der Waals surface area (Å²) in [5.74, 6) is 5.01. The number of aromatic carboxylic acids is 1. The molecule has 112 valence electrons. The van der Waals surface area contributed by atoms with Crippen LogP contribution in [0, 0.1) is 0 Å². The first-order valence-corrected chi connectivity index (χ1v) is 7.44. The first kappa shape index (κ1) is 14.6. The van der Waals surface area contributed by atoms with Crippen molar-refractivity contribution in [3.63, 3.8) is 0 Å². The van der Waals surface area contributed by atoms with Crippen LogP contribution in [0.1, 0.15) is 21.1 Å². The molecular formula is C14H10ClN3O3S. The number of aromatic nitrogens is 2. The zero-order valence-corrected chi connectivity index (χ0v) is 12.7. The maximum Gasteiger partial charge on any atom is 0.345 e. The van der Waals surface area contributed by atoms with E-state index in [2.05, 4.69) is 4.98 Å². The predicted molar refractivity (Wildman–Crippen MR) is 85.2 cm³/mol. The number of fused-ring (bicyclic) bond motifs is 1. The summed E-state index contributed by atoms with van der Waals surface area (Å²) in [6.45, 7) is 0.